The van der Waals surface area contributed by atoms with Crippen LogP contribution in [0, 0.1) is 0 Å². The number of carbonyl (C=O) groups excluding carboxylic acids is 1. The fourth-order valence-corrected chi connectivity index (χ4v) is 2.02. The van der Waals surface area contributed by atoms with Crippen LogP contribution < -0.4 is 4.74 Å². The Morgan fingerprint density at radius 3 is 2.76 bits per heavy atom. The second-order valence-electron chi connectivity index (χ2n) is 4.01. The zero-order valence-electron chi connectivity index (χ0n) is 9.23. The van der Waals surface area contributed by atoms with E-state index in [0.717, 1.165) is 4.47 Å². The summed E-state index contributed by atoms with van der Waals surface area (Å²) in [6.07, 6.45) is -0.186. The molecule has 1 amide bonds. The van der Waals surface area contributed by atoms with Crippen molar-refractivity contribution in [1.82, 2.24) is 4.90 Å². The number of piperidine rings is 1. The van der Waals surface area contributed by atoms with Crippen LogP contribution in [0.3, 0.4) is 0 Å². The summed E-state index contributed by atoms with van der Waals surface area (Å²) in [4.78, 5) is 13.1. The summed E-state index contributed by atoms with van der Waals surface area (Å²) in [6.45, 7) is 0.700. The second kappa shape index (κ2) is 5.49. The molecular formula is C12H13BrFNO2. The molecule has 1 atom stereocenters. The highest BCUT2D eigenvalue weighted by Gasteiger charge is 2.24. The standard InChI is InChI=1S/C12H13BrFNO2/c13-9-3-5-11(6-4-9)17-12(16)15-7-1-2-10(14)8-15/h3-6,10H,1-2,7-8H2. The molecule has 5 heteroatoms. The molecule has 0 radical (unpaired) electrons. The molecule has 17 heavy (non-hydrogen) atoms. The van der Waals surface area contributed by atoms with Gasteiger partial charge in [-0.2, -0.15) is 0 Å². The van der Waals surface area contributed by atoms with Gasteiger partial charge in [-0.25, -0.2) is 9.18 Å². The van der Waals surface area contributed by atoms with Crippen LogP contribution in [0.2, 0.25) is 0 Å². The Kier molecular flexibility index (Phi) is 3.99. The van der Waals surface area contributed by atoms with Crippen LogP contribution >= 0.6 is 15.9 Å². The molecule has 1 heterocycles. The summed E-state index contributed by atoms with van der Waals surface area (Å²) in [5, 5.41) is 0. The third-order valence-electron chi connectivity index (χ3n) is 2.64. The second-order valence-corrected chi connectivity index (χ2v) is 4.92. The molecule has 1 unspecified atom stereocenters. The van der Waals surface area contributed by atoms with Crippen LogP contribution in [0.15, 0.2) is 28.7 Å². The fourth-order valence-electron chi connectivity index (χ4n) is 1.76. The summed E-state index contributed by atoms with van der Waals surface area (Å²) in [5.74, 6) is 0.471. The van der Waals surface area contributed by atoms with Crippen molar-refractivity contribution in [3.63, 3.8) is 0 Å². The molecule has 1 fully saturated rings. The first-order valence-corrected chi connectivity index (χ1v) is 6.31. The highest BCUT2D eigenvalue weighted by Crippen LogP contribution is 2.18. The minimum absolute atomic E-state index is 0.134. The van der Waals surface area contributed by atoms with Crippen molar-refractivity contribution < 1.29 is 13.9 Å². The van der Waals surface area contributed by atoms with Crippen molar-refractivity contribution in [3.8, 4) is 5.75 Å². The van der Waals surface area contributed by atoms with E-state index in [1.165, 1.54) is 4.90 Å². The first kappa shape index (κ1) is 12.4. The predicted octanol–water partition coefficient (Wildman–Crippen LogP) is 3.38. The summed E-state index contributed by atoms with van der Waals surface area (Å²) in [6, 6.07) is 6.96. The van der Waals surface area contributed by atoms with Gasteiger partial charge >= 0.3 is 6.09 Å². The van der Waals surface area contributed by atoms with E-state index in [1.54, 1.807) is 24.3 Å². The van der Waals surface area contributed by atoms with Gasteiger partial charge in [-0.15, -0.1) is 0 Å². The third-order valence-corrected chi connectivity index (χ3v) is 3.17. The van der Waals surface area contributed by atoms with Gasteiger partial charge in [0, 0.05) is 11.0 Å². The van der Waals surface area contributed by atoms with E-state index in [2.05, 4.69) is 15.9 Å². The molecule has 2 rings (SSSR count). The van der Waals surface area contributed by atoms with Crippen LogP contribution in [0.25, 0.3) is 0 Å². The lowest BCUT2D eigenvalue weighted by Crippen LogP contribution is -2.42. The molecule has 1 aromatic rings. The highest BCUT2D eigenvalue weighted by atomic mass is 79.9. The van der Waals surface area contributed by atoms with Gasteiger partial charge in [0.25, 0.3) is 0 Å². The molecule has 92 valence electrons. The maximum absolute atomic E-state index is 13.1. The Bertz CT molecular complexity index is 396. The molecule has 1 aliphatic heterocycles. The van der Waals surface area contributed by atoms with E-state index in [1.807, 2.05) is 0 Å². The van der Waals surface area contributed by atoms with Crippen molar-refractivity contribution in [3.05, 3.63) is 28.7 Å². The van der Waals surface area contributed by atoms with Crippen molar-refractivity contribution in [2.75, 3.05) is 13.1 Å². The SMILES string of the molecule is O=C(Oc1ccc(Br)cc1)N1CCCC(F)C1. The van der Waals surface area contributed by atoms with Crippen LogP contribution in [0.5, 0.6) is 5.75 Å². The minimum Gasteiger partial charge on any atom is -0.410 e. The molecule has 0 bridgehead atoms. The first-order valence-electron chi connectivity index (χ1n) is 5.51. The van der Waals surface area contributed by atoms with Gasteiger partial charge in [0.1, 0.15) is 11.9 Å². The number of halogens is 2. The van der Waals surface area contributed by atoms with Gasteiger partial charge in [-0.1, -0.05) is 15.9 Å². The fraction of sp³-hybridized carbons (Fsp3) is 0.417. The molecule has 1 aliphatic rings. The lowest BCUT2D eigenvalue weighted by Gasteiger charge is -2.27. The van der Waals surface area contributed by atoms with E-state index >= 15 is 0 Å². The topological polar surface area (TPSA) is 29.5 Å². The largest absolute Gasteiger partial charge is 0.415 e. The molecule has 0 spiro atoms. The molecule has 0 N–H and O–H groups in total. The van der Waals surface area contributed by atoms with Crippen LogP contribution in [-0.2, 0) is 0 Å². The Morgan fingerprint density at radius 2 is 2.12 bits per heavy atom. The van der Waals surface area contributed by atoms with Gasteiger partial charge in [0.05, 0.1) is 6.54 Å². The number of hydrogen-bond donors (Lipinski definition) is 0. The van der Waals surface area contributed by atoms with E-state index in [9.17, 15) is 9.18 Å². The molecule has 1 saturated heterocycles. The van der Waals surface area contributed by atoms with E-state index in [4.69, 9.17) is 4.74 Å². The average Bonchev–Trinajstić information content (AvgIpc) is 2.32. The first-order chi connectivity index (χ1) is 8.15. The molecule has 0 saturated carbocycles. The molecular weight excluding hydrogens is 289 g/mol. The van der Waals surface area contributed by atoms with Crippen molar-refractivity contribution in [2.45, 2.75) is 19.0 Å². The average molecular weight is 302 g/mol. The van der Waals surface area contributed by atoms with Crippen molar-refractivity contribution >= 4 is 22.0 Å². The lowest BCUT2D eigenvalue weighted by molar-refractivity contribution is 0.112. The third kappa shape index (κ3) is 3.43. The number of rotatable bonds is 1. The number of nitrogens with zero attached hydrogens (tertiary/aromatic N) is 1. The number of amides is 1. The van der Waals surface area contributed by atoms with Crippen molar-refractivity contribution in [2.24, 2.45) is 0 Å². The van der Waals surface area contributed by atoms with Gasteiger partial charge in [0.15, 0.2) is 0 Å². The Morgan fingerprint density at radius 1 is 1.41 bits per heavy atom. The summed E-state index contributed by atoms with van der Waals surface area (Å²) < 4.78 is 19.2. The monoisotopic (exact) mass is 301 g/mol. The van der Waals surface area contributed by atoms with Crippen LogP contribution in [0.4, 0.5) is 9.18 Å². The van der Waals surface area contributed by atoms with Crippen molar-refractivity contribution in [1.29, 1.82) is 0 Å². The lowest BCUT2D eigenvalue weighted by atomic mass is 10.1. The van der Waals surface area contributed by atoms with E-state index in [-0.39, 0.29) is 6.54 Å². The Hall–Kier alpha value is -1.10. The maximum atomic E-state index is 13.1. The quantitative estimate of drug-likeness (QED) is 0.796. The summed E-state index contributed by atoms with van der Waals surface area (Å²) in [7, 11) is 0. The predicted molar refractivity (Wildman–Crippen MR) is 65.9 cm³/mol. The van der Waals surface area contributed by atoms with Gasteiger partial charge < -0.3 is 9.64 Å². The van der Waals surface area contributed by atoms with Crippen LogP contribution in [0.1, 0.15) is 12.8 Å². The number of alkyl halides is 1. The van der Waals surface area contributed by atoms with E-state index in [0.29, 0.717) is 25.1 Å². The van der Waals surface area contributed by atoms with Gasteiger partial charge in [-0.3, -0.25) is 0 Å². The minimum atomic E-state index is -0.929. The highest BCUT2D eigenvalue weighted by molar-refractivity contribution is 9.10. The molecule has 3 nitrogen and oxygen atoms in total. The smallest absolute Gasteiger partial charge is 0.410 e. The summed E-state index contributed by atoms with van der Waals surface area (Å²) in [5.41, 5.74) is 0. The zero-order valence-corrected chi connectivity index (χ0v) is 10.8. The normalized spacial score (nSPS) is 20.1. The van der Waals surface area contributed by atoms with Crippen LogP contribution in [-0.4, -0.2) is 30.3 Å². The summed E-state index contributed by atoms with van der Waals surface area (Å²) >= 11 is 3.30. The van der Waals surface area contributed by atoms with Gasteiger partial charge in [0.2, 0.25) is 0 Å². The molecule has 0 aliphatic carbocycles. The Labute approximate surface area is 108 Å². The van der Waals surface area contributed by atoms with Gasteiger partial charge in [-0.05, 0) is 37.1 Å². The number of likely N-dealkylation sites (tertiary alicyclic amines) is 1. The molecule has 0 aromatic heterocycles. The maximum Gasteiger partial charge on any atom is 0.415 e. The Balaban J connectivity index is 1.94. The molecule has 1 aromatic carbocycles. The van der Waals surface area contributed by atoms with E-state index < -0.39 is 12.3 Å². The number of ether oxygens (including phenoxy) is 1. The number of carbonyl (C=O) groups is 1. The number of hydrogen-bond acceptors (Lipinski definition) is 2. The number of benzene rings is 1. The zero-order chi connectivity index (χ0) is 12.3.